The van der Waals surface area contributed by atoms with Gasteiger partial charge in [0.25, 0.3) is 0 Å². The Balaban J connectivity index is 2.15. The molecule has 2 aromatic heterocycles. The van der Waals surface area contributed by atoms with E-state index >= 15 is 0 Å². The van der Waals surface area contributed by atoms with E-state index in [0.717, 1.165) is 33.3 Å². The highest BCUT2D eigenvalue weighted by Gasteiger charge is 2.18. The molecule has 2 aromatic carbocycles. The van der Waals surface area contributed by atoms with Crippen LogP contribution in [0.1, 0.15) is 0 Å². The summed E-state index contributed by atoms with van der Waals surface area (Å²) in [6.45, 7) is 0. The molecule has 0 saturated carbocycles. The second kappa shape index (κ2) is 5.52. The van der Waals surface area contributed by atoms with Crippen molar-refractivity contribution in [1.82, 2.24) is 14.5 Å². The molecule has 0 N–H and O–H groups in total. The first-order valence-electron chi connectivity index (χ1n) is 7.36. The Kier molecular flexibility index (Phi) is 3.36. The zero-order valence-electron chi connectivity index (χ0n) is 12.6. The van der Waals surface area contributed by atoms with Gasteiger partial charge in [-0.05, 0) is 11.6 Å². The summed E-state index contributed by atoms with van der Waals surface area (Å²) in [6, 6.07) is 18.3. The number of halogens is 1. The molecule has 0 saturated heterocycles. The van der Waals surface area contributed by atoms with Gasteiger partial charge >= 0.3 is 0 Å². The van der Waals surface area contributed by atoms with Gasteiger partial charge in [-0.15, -0.1) is 0 Å². The van der Waals surface area contributed by atoms with Gasteiger partial charge < -0.3 is 4.57 Å². The van der Waals surface area contributed by atoms with Gasteiger partial charge in [0.05, 0.1) is 17.5 Å². The third-order valence-electron chi connectivity index (χ3n) is 3.87. The van der Waals surface area contributed by atoms with Gasteiger partial charge in [0.1, 0.15) is 5.15 Å². The molecule has 0 aliphatic rings. The fourth-order valence-corrected chi connectivity index (χ4v) is 3.14. The molecule has 2 heterocycles. The second-order valence-electron chi connectivity index (χ2n) is 5.46. The van der Waals surface area contributed by atoms with Gasteiger partial charge in [-0.2, -0.15) is 0 Å². The molecule has 0 unspecified atom stereocenters. The number of pyridine rings is 1. The Hall–Kier alpha value is -2.65. The maximum absolute atomic E-state index is 6.54. The summed E-state index contributed by atoms with van der Waals surface area (Å²) in [5.74, 6) is 0. The Bertz CT molecular complexity index is 990. The molecule has 0 fully saturated rings. The number of nitrogens with zero attached hydrogens (tertiary/aromatic N) is 3. The number of rotatable bonds is 2. The summed E-state index contributed by atoms with van der Waals surface area (Å²) in [5, 5.41) is 1.55. The predicted octanol–water partition coefficient (Wildman–Crippen LogP) is 4.96. The first-order chi connectivity index (χ1) is 11.2. The number of aryl methyl sites for hydroxylation is 1. The van der Waals surface area contributed by atoms with Crippen molar-refractivity contribution in [2.24, 2.45) is 7.05 Å². The molecule has 0 atom stereocenters. The molecule has 4 aromatic rings. The molecular formula is C19H14ClN3. The number of hydrogen-bond donors (Lipinski definition) is 0. The van der Waals surface area contributed by atoms with Crippen molar-refractivity contribution in [1.29, 1.82) is 0 Å². The lowest BCUT2D eigenvalue weighted by Crippen LogP contribution is -1.93. The van der Waals surface area contributed by atoms with E-state index in [2.05, 4.69) is 28.2 Å². The van der Waals surface area contributed by atoms with Crippen molar-refractivity contribution in [2.45, 2.75) is 0 Å². The van der Waals surface area contributed by atoms with Crippen LogP contribution in [-0.2, 0) is 7.05 Å². The molecule has 0 amide bonds. The Morgan fingerprint density at radius 3 is 2.39 bits per heavy atom. The molecule has 0 bridgehead atoms. The van der Waals surface area contributed by atoms with Crippen molar-refractivity contribution in [3.8, 4) is 22.4 Å². The first kappa shape index (κ1) is 14.0. The molecule has 0 spiro atoms. The lowest BCUT2D eigenvalue weighted by molar-refractivity contribution is 0.913. The molecule has 4 heteroatoms. The van der Waals surface area contributed by atoms with Crippen LogP contribution in [0.25, 0.3) is 33.3 Å². The van der Waals surface area contributed by atoms with Crippen LogP contribution >= 0.6 is 11.6 Å². The minimum Gasteiger partial charge on any atom is -0.340 e. The summed E-state index contributed by atoms with van der Waals surface area (Å²) in [5.41, 5.74) is 4.76. The van der Waals surface area contributed by atoms with E-state index < -0.39 is 0 Å². The van der Waals surface area contributed by atoms with E-state index in [0.29, 0.717) is 5.15 Å². The molecule has 0 aliphatic carbocycles. The van der Waals surface area contributed by atoms with E-state index in [9.17, 15) is 0 Å². The summed E-state index contributed by atoms with van der Waals surface area (Å²) >= 11 is 6.54. The third kappa shape index (κ3) is 2.39. The topological polar surface area (TPSA) is 30.7 Å². The number of benzene rings is 2. The first-order valence-corrected chi connectivity index (χ1v) is 7.74. The minimum atomic E-state index is 0.473. The van der Waals surface area contributed by atoms with Crippen LogP contribution in [0.15, 0.2) is 67.1 Å². The largest absolute Gasteiger partial charge is 0.340 e. The van der Waals surface area contributed by atoms with Crippen LogP contribution in [0.2, 0.25) is 5.15 Å². The molecule has 0 radical (unpaired) electrons. The highest BCUT2D eigenvalue weighted by molar-refractivity contribution is 6.34. The Morgan fingerprint density at radius 2 is 1.65 bits per heavy atom. The number of hydrogen-bond acceptors (Lipinski definition) is 2. The quantitative estimate of drug-likeness (QED) is 0.489. The van der Waals surface area contributed by atoms with E-state index in [-0.39, 0.29) is 0 Å². The van der Waals surface area contributed by atoms with Crippen molar-refractivity contribution in [2.75, 3.05) is 0 Å². The summed E-state index contributed by atoms with van der Waals surface area (Å²) in [6.07, 6.45) is 3.74. The average Bonchev–Trinajstić information content (AvgIpc) is 3.00. The summed E-state index contributed by atoms with van der Waals surface area (Å²) in [7, 11) is 1.95. The van der Waals surface area contributed by atoms with Crippen LogP contribution < -0.4 is 0 Å². The van der Waals surface area contributed by atoms with Crippen molar-refractivity contribution < 1.29 is 0 Å². The Morgan fingerprint density at radius 1 is 0.913 bits per heavy atom. The highest BCUT2D eigenvalue weighted by Crippen LogP contribution is 2.40. The fraction of sp³-hybridized carbons (Fsp3) is 0.0526. The predicted molar refractivity (Wildman–Crippen MR) is 94.4 cm³/mol. The average molecular weight is 320 g/mol. The molecule has 0 aliphatic heterocycles. The Labute approximate surface area is 139 Å². The second-order valence-corrected chi connectivity index (χ2v) is 5.82. The van der Waals surface area contributed by atoms with Crippen LogP contribution in [-0.4, -0.2) is 14.5 Å². The van der Waals surface area contributed by atoms with Gasteiger partial charge in [-0.1, -0.05) is 60.1 Å². The van der Waals surface area contributed by atoms with Crippen LogP contribution in [0.5, 0.6) is 0 Å². The van der Waals surface area contributed by atoms with E-state index in [4.69, 9.17) is 11.6 Å². The molecule has 4 rings (SSSR count). The van der Waals surface area contributed by atoms with Gasteiger partial charge in [-0.3, -0.25) is 0 Å². The van der Waals surface area contributed by atoms with Crippen LogP contribution in [0.3, 0.4) is 0 Å². The molecule has 3 nitrogen and oxygen atoms in total. The van der Waals surface area contributed by atoms with Crippen LogP contribution in [0, 0.1) is 0 Å². The number of fused-ring (bicyclic) bond motifs is 1. The lowest BCUT2D eigenvalue weighted by Gasteiger charge is -2.13. The number of aromatic nitrogens is 3. The number of para-hydroxylation sites is 1. The summed E-state index contributed by atoms with van der Waals surface area (Å²) in [4.78, 5) is 9.04. The lowest BCUT2D eigenvalue weighted by atomic mass is 9.95. The zero-order chi connectivity index (χ0) is 15.8. The maximum atomic E-state index is 6.54. The monoisotopic (exact) mass is 319 g/mol. The van der Waals surface area contributed by atoms with Gasteiger partial charge in [-0.25, -0.2) is 9.97 Å². The van der Waals surface area contributed by atoms with E-state index in [1.165, 1.54) is 0 Å². The van der Waals surface area contributed by atoms with Gasteiger partial charge in [0.2, 0.25) is 0 Å². The highest BCUT2D eigenvalue weighted by atomic mass is 35.5. The van der Waals surface area contributed by atoms with E-state index in [1.54, 1.807) is 6.33 Å². The maximum Gasteiger partial charge on any atom is 0.139 e. The molecule has 23 heavy (non-hydrogen) atoms. The van der Waals surface area contributed by atoms with E-state index in [1.807, 2.05) is 54.2 Å². The standard InChI is InChI=1S/C19H14ClN3/c1-23-11-16(21-12-23)18-17(13-7-3-2-4-8-13)14-9-5-6-10-15(14)22-19(18)20/h2-12H,1H3. The summed E-state index contributed by atoms with van der Waals surface area (Å²) < 4.78 is 1.91. The molecular weight excluding hydrogens is 306 g/mol. The zero-order valence-corrected chi connectivity index (χ0v) is 13.3. The van der Waals surface area contributed by atoms with Crippen molar-refractivity contribution in [3.63, 3.8) is 0 Å². The van der Waals surface area contributed by atoms with Crippen LogP contribution in [0.4, 0.5) is 0 Å². The van der Waals surface area contributed by atoms with Crippen molar-refractivity contribution in [3.05, 3.63) is 72.3 Å². The smallest absolute Gasteiger partial charge is 0.139 e. The normalized spacial score (nSPS) is 11.0. The fourth-order valence-electron chi connectivity index (χ4n) is 2.86. The van der Waals surface area contributed by atoms with Crippen molar-refractivity contribution >= 4 is 22.5 Å². The number of imidazole rings is 1. The molecule has 112 valence electrons. The third-order valence-corrected chi connectivity index (χ3v) is 4.15. The SMILES string of the molecule is Cn1cnc(-c2c(Cl)nc3ccccc3c2-c2ccccc2)c1. The van der Waals surface area contributed by atoms with Gasteiger partial charge in [0.15, 0.2) is 0 Å². The van der Waals surface area contributed by atoms with Gasteiger partial charge in [0, 0.05) is 29.8 Å². The minimum absolute atomic E-state index is 0.473.